The molecule has 5 heteroatoms. The van der Waals surface area contributed by atoms with Gasteiger partial charge in [0, 0.05) is 11.3 Å². The maximum atomic E-state index is 11.6. The zero-order chi connectivity index (χ0) is 19.7. The van der Waals surface area contributed by atoms with Crippen LogP contribution in [0.2, 0.25) is 0 Å². The molecule has 0 aromatic heterocycles. The maximum absolute atomic E-state index is 11.6. The zero-order valence-electron chi connectivity index (χ0n) is 15.8. The number of aryl methyl sites for hydroxylation is 1. The molecule has 0 spiro atoms. The molecule has 0 amide bonds. The van der Waals surface area contributed by atoms with Crippen molar-refractivity contribution in [1.82, 2.24) is 0 Å². The van der Waals surface area contributed by atoms with Crippen LogP contribution in [-0.2, 0) is 16.6 Å². The topological polar surface area (TPSA) is 55.4 Å². The van der Waals surface area contributed by atoms with Crippen molar-refractivity contribution in [2.45, 2.75) is 13.5 Å². The molecule has 28 heavy (non-hydrogen) atoms. The van der Waals surface area contributed by atoms with E-state index in [-0.39, 0.29) is 0 Å². The summed E-state index contributed by atoms with van der Waals surface area (Å²) in [5.41, 5.74) is 6.91. The molecule has 1 aliphatic heterocycles. The first-order valence-corrected chi connectivity index (χ1v) is 10.9. The molecule has 0 saturated carbocycles. The largest absolute Gasteiger partial charge is 0.488 e. The minimum atomic E-state index is -3.33. The first-order chi connectivity index (χ1) is 13.4. The van der Waals surface area contributed by atoms with Crippen LogP contribution in [0.3, 0.4) is 0 Å². The minimum absolute atomic E-state index is 0.514. The zero-order valence-corrected chi connectivity index (χ0v) is 16.6. The quantitative estimate of drug-likeness (QED) is 0.694. The fourth-order valence-electron chi connectivity index (χ4n) is 3.41. The van der Waals surface area contributed by atoms with Crippen LogP contribution in [0, 0.1) is 6.92 Å². The van der Waals surface area contributed by atoms with Crippen molar-refractivity contribution in [3.8, 4) is 5.75 Å². The lowest BCUT2D eigenvalue weighted by molar-refractivity contribution is 0.307. The molecule has 1 heterocycles. The number of nitrogens with one attached hydrogen (secondary N) is 1. The highest BCUT2D eigenvalue weighted by molar-refractivity contribution is 7.92. The summed E-state index contributed by atoms with van der Waals surface area (Å²) in [5.74, 6) is 0.855. The number of ether oxygens (including phenoxy) is 1. The third-order valence-corrected chi connectivity index (χ3v) is 5.23. The van der Waals surface area contributed by atoms with Gasteiger partial charge in [0.2, 0.25) is 10.0 Å². The van der Waals surface area contributed by atoms with E-state index in [0.29, 0.717) is 12.3 Å². The Morgan fingerprint density at radius 1 is 0.964 bits per heavy atom. The lowest BCUT2D eigenvalue weighted by Crippen LogP contribution is -2.09. The van der Waals surface area contributed by atoms with E-state index in [4.69, 9.17) is 4.74 Å². The Morgan fingerprint density at radius 2 is 1.79 bits per heavy atom. The molecule has 4 nitrogen and oxygen atoms in total. The second-order valence-electron chi connectivity index (χ2n) is 7.00. The highest BCUT2D eigenvalue weighted by atomic mass is 32.2. The van der Waals surface area contributed by atoms with Gasteiger partial charge in [-0.2, -0.15) is 0 Å². The van der Waals surface area contributed by atoms with Gasteiger partial charge in [0.25, 0.3) is 0 Å². The molecule has 0 aliphatic carbocycles. The molecule has 0 fully saturated rings. The summed E-state index contributed by atoms with van der Waals surface area (Å²) in [6.07, 6.45) is 3.23. The Morgan fingerprint density at radius 3 is 2.61 bits per heavy atom. The molecule has 0 radical (unpaired) electrons. The highest BCUT2D eigenvalue weighted by Crippen LogP contribution is 2.38. The second-order valence-corrected chi connectivity index (χ2v) is 8.75. The third-order valence-electron chi connectivity index (χ3n) is 4.62. The molecule has 1 aliphatic rings. The van der Waals surface area contributed by atoms with Crippen molar-refractivity contribution >= 4 is 27.4 Å². The fraction of sp³-hybridized carbons (Fsp3) is 0.130. The smallest absolute Gasteiger partial charge is 0.229 e. The Bertz CT molecular complexity index is 1180. The summed E-state index contributed by atoms with van der Waals surface area (Å²) in [7, 11) is -3.33. The van der Waals surface area contributed by atoms with Gasteiger partial charge in [-0.1, -0.05) is 48.5 Å². The number of benzene rings is 3. The van der Waals surface area contributed by atoms with Crippen LogP contribution in [-0.4, -0.2) is 14.7 Å². The summed E-state index contributed by atoms with van der Waals surface area (Å²) in [6.45, 7) is 2.56. The lowest BCUT2D eigenvalue weighted by atomic mass is 9.92. The van der Waals surface area contributed by atoms with Crippen LogP contribution in [0.25, 0.3) is 11.6 Å². The highest BCUT2D eigenvalue weighted by Gasteiger charge is 2.19. The van der Waals surface area contributed by atoms with Crippen LogP contribution in [0.1, 0.15) is 27.8 Å². The van der Waals surface area contributed by atoms with Gasteiger partial charge in [-0.05, 0) is 59.0 Å². The number of rotatable bonds is 3. The number of fused-ring (bicyclic) bond motifs is 2. The Kier molecular flexibility index (Phi) is 4.69. The SMILES string of the molecule is Cc1ccc2c(c1)OCc1ccccc1/C2=C\c1cccc(NS(C)(=O)=O)c1. The molecule has 0 saturated heterocycles. The fourth-order valence-corrected chi connectivity index (χ4v) is 3.96. The summed E-state index contributed by atoms with van der Waals surface area (Å²) >= 11 is 0. The van der Waals surface area contributed by atoms with Crippen molar-refractivity contribution in [3.63, 3.8) is 0 Å². The van der Waals surface area contributed by atoms with E-state index in [1.54, 1.807) is 6.07 Å². The van der Waals surface area contributed by atoms with Crippen LogP contribution < -0.4 is 9.46 Å². The average molecular weight is 391 g/mol. The standard InChI is InChI=1S/C23H21NO3S/c1-16-10-11-21-22(14-17-6-5-8-19(13-17)24-28(2,25)26)20-9-4-3-7-18(20)15-27-23(21)12-16/h3-14,24H,15H2,1-2H3/b22-14+. The van der Waals surface area contributed by atoms with E-state index < -0.39 is 10.0 Å². The van der Waals surface area contributed by atoms with E-state index in [2.05, 4.69) is 41.1 Å². The van der Waals surface area contributed by atoms with Gasteiger partial charge in [0.05, 0.1) is 6.26 Å². The third kappa shape index (κ3) is 3.94. The first kappa shape index (κ1) is 18.3. The summed E-state index contributed by atoms with van der Waals surface area (Å²) in [4.78, 5) is 0. The molecule has 0 bridgehead atoms. The van der Waals surface area contributed by atoms with E-state index >= 15 is 0 Å². The van der Waals surface area contributed by atoms with Gasteiger partial charge in [-0.15, -0.1) is 0 Å². The van der Waals surface area contributed by atoms with Crippen LogP contribution in [0.15, 0.2) is 66.7 Å². The Balaban J connectivity index is 1.88. The summed E-state index contributed by atoms with van der Waals surface area (Å²) < 4.78 is 31.7. The van der Waals surface area contributed by atoms with Crippen molar-refractivity contribution in [3.05, 3.63) is 94.5 Å². The molecular weight excluding hydrogens is 370 g/mol. The van der Waals surface area contributed by atoms with Crippen LogP contribution in [0.5, 0.6) is 5.75 Å². The summed E-state index contributed by atoms with van der Waals surface area (Å²) in [5, 5.41) is 0. The molecule has 1 N–H and O–H groups in total. The number of anilines is 1. The van der Waals surface area contributed by atoms with E-state index in [1.165, 1.54) is 0 Å². The molecule has 3 aromatic carbocycles. The maximum Gasteiger partial charge on any atom is 0.229 e. The molecule has 4 rings (SSSR count). The molecule has 3 aromatic rings. The summed E-state index contributed by atoms with van der Waals surface area (Å²) in [6, 6.07) is 21.8. The monoisotopic (exact) mass is 391 g/mol. The normalized spacial score (nSPS) is 14.6. The van der Waals surface area contributed by atoms with Gasteiger partial charge < -0.3 is 4.74 Å². The van der Waals surface area contributed by atoms with Crippen LogP contribution >= 0.6 is 0 Å². The van der Waals surface area contributed by atoms with Gasteiger partial charge in [0.1, 0.15) is 12.4 Å². The second kappa shape index (κ2) is 7.17. The molecule has 0 atom stereocenters. The Labute approximate surface area is 165 Å². The molecule has 142 valence electrons. The van der Waals surface area contributed by atoms with Crippen LogP contribution in [0.4, 0.5) is 5.69 Å². The molecular formula is C23H21NO3S. The number of hydrogen-bond donors (Lipinski definition) is 1. The lowest BCUT2D eigenvalue weighted by Gasteiger charge is -2.12. The van der Waals surface area contributed by atoms with Crippen molar-refractivity contribution in [2.75, 3.05) is 11.0 Å². The van der Waals surface area contributed by atoms with Gasteiger partial charge in [0.15, 0.2) is 0 Å². The van der Waals surface area contributed by atoms with Crippen molar-refractivity contribution in [1.29, 1.82) is 0 Å². The van der Waals surface area contributed by atoms with E-state index in [1.807, 2.05) is 37.3 Å². The van der Waals surface area contributed by atoms with Crippen molar-refractivity contribution in [2.24, 2.45) is 0 Å². The van der Waals surface area contributed by atoms with Gasteiger partial charge >= 0.3 is 0 Å². The average Bonchev–Trinajstić information content (AvgIpc) is 2.78. The minimum Gasteiger partial charge on any atom is -0.488 e. The van der Waals surface area contributed by atoms with E-state index in [9.17, 15) is 8.42 Å². The number of hydrogen-bond acceptors (Lipinski definition) is 3. The first-order valence-electron chi connectivity index (χ1n) is 9.01. The predicted octanol–water partition coefficient (Wildman–Crippen LogP) is 4.85. The number of sulfonamides is 1. The van der Waals surface area contributed by atoms with E-state index in [0.717, 1.165) is 45.4 Å². The van der Waals surface area contributed by atoms with Crippen molar-refractivity contribution < 1.29 is 13.2 Å². The van der Waals surface area contributed by atoms with Gasteiger partial charge in [-0.25, -0.2) is 8.42 Å². The predicted molar refractivity (Wildman–Crippen MR) is 114 cm³/mol. The Hall–Kier alpha value is -3.05. The molecule has 0 unspecified atom stereocenters. The van der Waals surface area contributed by atoms with Gasteiger partial charge in [-0.3, -0.25) is 4.72 Å².